The summed E-state index contributed by atoms with van der Waals surface area (Å²) in [5.41, 5.74) is 0. The molecule has 1 heterocycles. The number of aliphatic hydroxyl groups is 2. The van der Waals surface area contributed by atoms with Gasteiger partial charge in [0.2, 0.25) is 0 Å². The van der Waals surface area contributed by atoms with Crippen LogP contribution >= 0.6 is 0 Å². The molecule has 2 unspecified atom stereocenters. The molecule has 1 rings (SSSR count). The average Bonchev–Trinajstić information content (AvgIpc) is 2.16. The summed E-state index contributed by atoms with van der Waals surface area (Å²) in [7, 11) is 0. The van der Waals surface area contributed by atoms with E-state index in [1.807, 2.05) is 0 Å². The van der Waals surface area contributed by atoms with E-state index in [0.717, 1.165) is 0 Å². The summed E-state index contributed by atoms with van der Waals surface area (Å²) in [6.07, 6.45) is -1.24. The van der Waals surface area contributed by atoms with E-state index in [-0.39, 0.29) is 13.2 Å². The Labute approximate surface area is 70.9 Å². The zero-order chi connectivity index (χ0) is 8.81. The second kappa shape index (κ2) is 5.45. The Bertz CT molecular complexity index is 112. The Kier molecular flexibility index (Phi) is 4.49. The highest BCUT2D eigenvalue weighted by Crippen LogP contribution is 2.02. The monoisotopic (exact) mass is 178 g/mol. The molecule has 12 heavy (non-hydrogen) atoms. The topological polar surface area (TPSA) is 68.2 Å². The smallest absolute Gasteiger partial charge is 0.181 e. The van der Waals surface area contributed by atoms with Crippen molar-refractivity contribution < 1.29 is 24.4 Å². The van der Waals surface area contributed by atoms with Crippen LogP contribution in [0.3, 0.4) is 0 Å². The van der Waals surface area contributed by atoms with Crippen LogP contribution in [0.4, 0.5) is 0 Å². The molecule has 0 amide bonds. The molecule has 0 bridgehead atoms. The molecule has 0 aromatic carbocycles. The minimum Gasteiger partial charge on any atom is -0.394 e. The van der Waals surface area contributed by atoms with Crippen LogP contribution in [-0.2, 0) is 14.2 Å². The van der Waals surface area contributed by atoms with E-state index in [0.29, 0.717) is 19.8 Å². The van der Waals surface area contributed by atoms with Crippen molar-refractivity contribution >= 4 is 0 Å². The van der Waals surface area contributed by atoms with Crippen LogP contribution in [0.5, 0.6) is 0 Å². The van der Waals surface area contributed by atoms with Crippen LogP contribution in [0.25, 0.3) is 0 Å². The highest BCUT2D eigenvalue weighted by molar-refractivity contribution is 4.53. The maximum Gasteiger partial charge on any atom is 0.181 e. The molecular formula is C7H14O5. The maximum absolute atomic E-state index is 8.92. The van der Waals surface area contributed by atoms with Gasteiger partial charge >= 0.3 is 0 Å². The Morgan fingerprint density at radius 3 is 2.92 bits per heavy atom. The molecule has 0 radical (unpaired) electrons. The normalized spacial score (nSPS) is 27.0. The summed E-state index contributed by atoms with van der Waals surface area (Å²) < 4.78 is 15.3. The van der Waals surface area contributed by atoms with Crippen molar-refractivity contribution in [2.75, 3.05) is 33.0 Å². The highest BCUT2D eigenvalue weighted by atomic mass is 16.7. The van der Waals surface area contributed by atoms with Crippen molar-refractivity contribution in [2.45, 2.75) is 12.4 Å². The molecule has 0 saturated carbocycles. The van der Waals surface area contributed by atoms with E-state index < -0.39 is 12.4 Å². The zero-order valence-electron chi connectivity index (χ0n) is 6.81. The molecule has 1 fully saturated rings. The van der Waals surface area contributed by atoms with Crippen LogP contribution in [0.1, 0.15) is 0 Å². The predicted octanol–water partition coefficient (Wildman–Crippen LogP) is -1.27. The number of hydrogen-bond acceptors (Lipinski definition) is 5. The molecule has 2 N–H and O–H groups in total. The largest absolute Gasteiger partial charge is 0.394 e. The van der Waals surface area contributed by atoms with E-state index >= 15 is 0 Å². The van der Waals surface area contributed by atoms with Gasteiger partial charge in [-0.25, -0.2) is 0 Å². The van der Waals surface area contributed by atoms with Crippen molar-refractivity contribution in [2.24, 2.45) is 0 Å². The van der Waals surface area contributed by atoms with Crippen molar-refractivity contribution in [3.63, 3.8) is 0 Å². The molecule has 0 aromatic heterocycles. The van der Waals surface area contributed by atoms with Crippen molar-refractivity contribution in [1.82, 2.24) is 0 Å². The summed E-state index contributed by atoms with van der Waals surface area (Å²) >= 11 is 0. The lowest BCUT2D eigenvalue weighted by atomic mass is 10.4. The van der Waals surface area contributed by atoms with E-state index in [1.54, 1.807) is 0 Å². The van der Waals surface area contributed by atoms with Gasteiger partial charge in [-0.2, -0.15) is 0 Å². The van der Waals surface area contributed by atoms with Gasteiger partial charge < -0.3 is 24.4 Å². The Balaban J connectivity index is 2.05. The van der Waals surface area contributed by atoms with Crippen molar-refractivity contribution in [3.05, 3.63) is 0 Å². The molecule has 5 nitrogen and oxygen atoms in total. The minimum absolute atomic E-state index is 0.0739. The van der Waals surface area contributed by atoms with Crippen molar-refractivity contribution in [3.8, 4) is 0 Å². The van der Waals surface area contributed by atoms with Crippen LogP contribution in [0.15, 0.2) is 0 Å². The molecule has 5 heteroatoms. The molecule has 0 spiro atoms. The Morgan fingerprint density at radius 2 is 2.33 bits per heavy atom. The summed E-state index contributed by atoms with van der Waals surface area (Å²) in [5.74, 6) is 0. The first kappa shape index (κ1) is 9.88. The molecule has 72 valence electrons. The average molecular weight is 178 g/mol. The lowest BCUT2D eigenvalue weighted by Gasteiger charge is -2.23. The SMILES string of the molecule is OCC(O)COC1COCCO1. The fraction of sp³-hybridized carbons (Fsp3) is 1.00. The standard InChI is InChI=1S/C7H14O5/c8-3-6(9)4-12-7-5-10-1-2-11-7/h6-9H,1-5H2. The van der Waals surface area contributed by atoms with Gasteiger partial charge in [0.1, 0.15) is 6.10 Å². The Hall–Kier alpha value is -0.200. The predicted molar refractivity (Wildman–Crippen MR) is 39.6 cm³/mol. The van der Waals surface area contributed by atoms with Gasteiger partial charge in [-0.3, -0.25) is 0 Å². The van der Waals surface area contributed by atoms with Gasteiger partial charge in [-0.1, -0.05) is 0 Å². The maximum atomic E-state index is 8.92. The molecule has 1 aliphatic heterocycles. The zero-order valence-corrected chi connectivity index (χ0v) is 6.81. The van der Waals surface area contributed by atoms with Gasteiger partial charge in [0, 0.05) is 0 Å². The summed E-state index contributed by atoms with van der Waals surface area (Å²) in [6.45, 7) is 1.26. The Morgan fingerprint density at radius 1 is 1.50 bits per heavy atom. The summed E-state index contributed by atoms with van der Waals surface area (Å²) in [6, 6.07) is 0. The third-order valence-corrected chi connectivity index (χ3v) is 1.47. The van der Waals surface area contributed by atoms with E-state index in [4.69, 9.17) is 24.4 Å². The quantitative estimate of drug-likeness (QED) is 0.561. The number of rotatable bonds is 4. The van der Waals surface area contributed by atoms with Crippen LogP contribution in [0.2, 0.25) is 0 Å². The van der Waals surface area contributed by atoms with E-state index in [2.05, 4.69) is 0 Å². The first-order chi connectivity index (χ1) is 5.83. The molecule has 0 aromatic rings. The first-order valence-electron chi connectivity index (χ1n) is 3.93. The third kappa shape index (κ3) is 3.46. The molecule has 1 aliphatic rings. The van der Waals surface area contributed by atoms with Crippen LogP contribution < -0.4 is 0 Å². The molecule has 2 atom stereocenters. The van der Waals surface area contributed by atoms with Crippen LogP contribution in [0, 0.1) is 0 Å². The van der Waals surface area contributed by atoms with Gasteiger partial charge in [-0.15, -0.1) is 0 Å². The number of hydrogen-bond donors (Lipinski definition) is 2. The number of ether oxygens (including phenoxy) is 3. The van der Waals surface area contributed by atoms with Gasteiger partial charge in [0.25, 0.3) is 0 Å². The van der Waals surface area contributed by atoms with E-state index in [1.165, 1.54) is 0 Å². The molecule has 1 saturated heterocycles. The minimum atomic E-state index is -0.837. The lowest BCUT2D eigenvalue weighted by Crippen LogP contribution is -2.34. The fourth-order valence-electron chi connectivity index (χ4n) is 0.833. The molecule has 0 aliphatic carbocycles. The number of aliphatic hydroxyl groups excluding tert-OH is 2. The summed E-state index contributed by atoms with van der Waals surface area (Å²) in [5, 5.41) is 17.4. The third-order valence-electron chi connectivity index (χ3n) is 1.47. The fourth-order valence-corrected chi connectivity index (χ4v) is 0.833. The highest BCUT2D eigenvalue weighted by Gasteiger charge is 2.15. The van der Waals surface area contributed by atoms with E-state index in [9.17, 15) is 0 Å². The van der Waals surface area contributed by atoms with Gasteiger partial charge in [0.05, 0.1) is 33.0 Å². The first-order valence-corrected chi connectivity index (χ1v) is 3.93. The molecular weight excluding hydrogens is 164 g/mol. The van der Waals surface area contributed by atoms with Gasteiger partial charge in [-0.05, 0) is 0 Å². The van der Waals surface area contributed by atoms with Crippen LogP contribution in [-0.4, -0.2) is 55.6 Å². The van der Waals surface area contributed by atoms with Gasteiger partial charge in [0.15, 0.2) is 6.29 Å². The second-order valence-electron chi connectivity index (χ2n) is 2.54. The second-order valence-corrected chi connectivity index (χ2v) is 2.54. The van der Waals surface area contributed by atoms with Crippen molar-refractivity contribution in [1.29, 1.82) is 0 Å². The lowest BCUT2D eigenvalue weighted by molar-refractivity contribution is -0.220. The summed E-state index contributed by atoms with van der Waals surface area (Å²) in [4.78, 5) is 0.